The molecule has 0 bridgehead atoms. The Bertz CT molecular complexity index is 625. The van der Waals surface area contributed by atoms with Crippen molar-refractivity contribution in [3.8, 4) is 0 Å². The molecule has 0 spiro atoms. The van der Waals surface area contributed by atoms with Crippen molar-refractivity contribution in [2.45, 2.75) is 11.8 Å². The summed E-state index contributed by atoms with van der Waals surface area (Å²) >= 11 is 0. The van der Waals surface area contributed by atoms with Crippen molar-refractivity contribution in [2.75, 3.05) is 6.54 Å². The van der Waals surface area contributed by atoms with Gasteiger partial charge in [0, 0.05) is 25.3 Å². The van der Waals surface area contributed by atoms with Crippen molar-refractivity contribution in [2.24, 2.45) is 0 Å². The number of nitrogens with zero attached hydrogens (tertiary/aromatic N) is 1. The molecular formula is C15H15NO2PdS-2. The summed E-state index contributed by atoms with van der Waals surface area (Å²) in [4.78, 5) is 0.236. The fourth-order valence-corrected chi connectivity index (χ4v) is 2.51. The van der Waals surface area contributed by atoms with Crippen molar-refractivity contribution in [3.05, 3.63) is 76.9 Å². The average molecular weight is 380 g/mol. The molecule has 0 radical (unpaired) electrons. The third kappa shape index (κ3) is 4.77. The van der Waals surface area contributed by atoms with E-state index in [1.54, 1.807) is 30.7 Å². The largest absolute Gasteiger partial charge is 0.551 e. The Kier molecular flexibility index (Phi) is 6.44. The fraction of sp³-hybridized carbons (Fsp3) is 0.133. The maximum atomic E-state index is 11.9. The second-order valence-electron chi connectivity index (χ2n) is 4.21. The maximum Gasteiger partial charge on any atom is 0.100 e. The van der Waals surface area contributed by atoms with Gasteiger partial charge in [0.25, 0.3) is 0 Å². The molecule has 0 aliphatic carbocycles. The van der Waals surface area contributed by atoms with E-state index in [0.29, 0.717) is 0 Å². The number of aryl methyl sites for hydroxylation is 1. The number of sulfonamides is 1. The van der Waals surface area contributed by atoms with Crippen molar-refractivity contribution in [3.63, 3.8) is 0 Å². The second kappa shape index (κ2) is 7.61. The summed E-state index contributed by atoms with van der Waals surface area (Å²) in [5, 5.41) is 0. The first-order valence-corrected chi connectivity index (χ1v) is 7.41. The summed E-state index contributed by atoms with van der Waals surface area (Å²) in [6.07, 6.45) is 1.78. The Morgan fingerprint density at radius 1 is 1.00 bits per heavy atom. The van der Waals surface area contributed by atoms with E-state index in [9.17, 15) is 8.42 Å². The summed E-state index contributed by atoms with van der Waals surface area (Å²) in [5.74, 6) is 0. The molecule has 0 unspecified atom stereocenters. The molecule has 3 nitrogen and oxygen atoms in total. The summed E-state index contributed by atoms with van der Waals surface area (Å²) < 4.78 is 27.7. The normalized spacial score (nSPS) is 10.7. The maximum absolute atomic E-state index is 11.9. The van der Waals surface area contributed by atoms with Gasteiger partial charge in [-0.15, -0.1) is 12.1 Å². The fourth-order valence-electron chi connectivity index (χ4n) is 1.61. The zero-order valence-electron chi connectivity index (χ0n) is 11.0. The first-order chi connectivity index (χ1) is 9.08. The molecule has 0 heterocycles. The van der Waals surface area contributed by atoms with Gasteiger partial charge >= 0.3 is 0 Å². The minimum absolute atomic E-state index is 0. The first-order valence-electron chi connectivity index (χ1n) is 5.97. The van der Waals surface area contributed by atoms with E-state index < -0.39 is 10.0 Å². The van der Waals surface area contributed by atoms with Crippen molar-refractivity contribution >= 4 is 10.0 Å². The summed E-state index contributed by atoms with van der Waals surface area (Å²) in [5.41, 5.74) is 1.99. The van der Waals surface area contributed by atoms with E-state index in [1.165, 1.54) is 0 Å². The second-order valence-corrected chi connectivity index (χ2v) is 5.89. The molecule has 0 atom stereocenters. The standard InChI is InChI=1S/C15H15NO2S.Pd/c1-13-7-9-15(10-8-13)19(17,18)16-12-11-14-5-3-2-4-6-14;/h2-11H,12H2,1H3;/q-2;. The molecule has 0 amide bonds. The molecule has 0 aromatic heterocycles. The van der Waals surface area contributed by atoms with E-state index in [2.05, 4.69) is 4.72 Å². The van der Waals surface area contributed by atoms with E-state index in [0.717, 1.165) is 11.1 Å². The van der Waals surface area contributed by atoms with Gasteiger partial charge < -0.3 is 4.72 Å². The molecule has 0 saturated heterocycles. The Labute approximate surface area is 134 Å². The monoisotopic (exact) mass is 379 g/mol. The summed E-state index contributed by atoms with van der Waals surface area (Å²) in [6.45, 7) is 2.07. The molecule has 0 aliphatic heterocycles. The van der Waals surface area contributed by atoms with E-state index >= 15 is 0 Å². The van der Waals surface area contributed by atoms with Gasteiger partial charge in [-0.1, -0.05) is 23.8 Å². The molecule has 2 rings (SSSR count). The van der Waals surface area contributed by atoms with Gasteiger partial charge in [-0.25, -0.2) is 14.8 Å². The first kappa shape index (κ1) is 16.9. The quantitative estimate of drug-likeness (QED) is 0.591. The van der Waals surface area contributed by atoms with Crippen molar-refractivity contribution in [1.29, 1.82) is 0 Å². The molecule has 0 N–H and O–H groups in total. The molecule has 2 aromatic carbocycles. The van der Waals surface area contributed by atoms with Crippen LogP contribution in [0.25, 0.3) is 4.72 Å². The van der Waals surface area contributed by atoms with Gasteiger partial charge in [0.05, 0.1) is 0 Å². The van der Waals surface area contributed by atoms with Crippen LogP contribution in [0.5, 0.6) is 0 Å². The zero-order valence-corrected chi connectivity index (χ0v) is 13.3. The molecule has 2 aromatic rings. The van der Waals surface area contributed by atoms with Crippen molar-refractivity contribution in [1.82, 2.24) is 0 Å². The Balaban J connectivity index is 0.00000200. The van der Waals surface area contributed by atoms with Crippen LogP contribution in [-0.2, 0) is 30.4 Å². The number of benzene rings is 2. The molecule has 110 valence electrons. The Morgan fingerprint density at radius 2 is 1.60 bits per heavy atom. The van der Waals surface area contributed by atoms with Crippen LogP contribution in [0.3, 0.4) is 0 Å². The topological polar surface area (TPSA) is 48.2 Å². The van der Waals surface area contributed by atoms with Crippen LogP contribution < -0.4 is 0 Å². The Morgan fingerprint density at radius 3 is 2.20 bits per heavy atom. The molecule has 5 heteroatoms. The van der Waals surface area contributed by atoms with E-state index in [1.807, 2.05) is 37.3 Å². The van der Waals surface area contributed by atoms with Gasteiger partial charge in [-0.05, 0) is 19.1 Å². The predicted molar refractivity (Wildman–Crippen MR) is 76.4 cm³/mol. The van der Waals surface area contributed by atoms with Crippen molar-refractivity contribution < 1.29 is 28.8 Å². The number of rotatable bonds is 5. The molecular weight excluding hydrogens is 365 g/mol. The van der Waals surface area contributed by atoms with Crippen LogP contribution in [0.1, 0.15) is 11.1 Å². The molecule has 0 fully saturated rings. The van der Waals surface area contributed by atoms with Gasteiger partial charge in [0.1, 0.15) is 10.0 Å². The van der Waals surface area contributed by atoms with Crippen LogP contribution >= 0.6 is 0 Å². The minimum atomic E-state index is -3.55. The molecule has 20 heavy (non-hydrogen) atoms. The van der Waals surface area contributed by atoms with Crippen LogP contribution in [0, 0.1) is 13.3 Å². The van der Waals surface area contributed by atoms with Gasteiger partial charge in [-0.3, -0.25) is 0 Å². The van der Waals surface area contributed by atoms with Crippen LogP contribution in [0.4, 0.5) is 0 Å². The molecule has 0 aliphatic rings. The smallest absolute Gasteiger partial charge is 0.100 e. The van der Waals surface area contributed by atoms with Crippen LogP contribution in [-0.4, -0.2) is 15.0 Å². The number of hydrogen-bond acceptors (Lipinski definition) is 2. The average Bonchev–Trinajstić information content (AvgIpc) is 2.40. The summed E-state index contributed by atoms with van der Waals surface area (Å²) in [6, 6.07) is 16.2. The SMILES string of the molecule is Cc1ccc(S(=O)(=O)[N-]C[CH-]c2ccccc2)cc1.[Pd]. The Hall–Kier alpha value is -1.12. The molecule has 0 saturated carbocycles. The van der Waals surface area contributed by atoms with Gasteiger partial charge in [0.2, 0.25) is 0 Å². The zero-order chi connectivity index (χ0) is 13.7. The summed E-state index contributed by atoms with van der Waals surface area (Å²) in [7, 11) is -3.55. The minimum Gasteiger partial charge on any atom is -0.551 e. The van der Waals surface area contributed by atoms with Crippen LogP contribution in [0.15, 0.2) is 59.5 Å². The third-order valence-electron chi connectivity index (χ3n) is 2.69. The predicted octanol–water partition coefficient (Wildman–Crippen LogP) is 3.31. The third-order valence-corrected chi connectivity index (χ3v) is 4.05. The number of hydrogen-bond donors (Lipinski definition) is 0. The van der Waals surface area contributed by atoms with E-state index in [-0.39, 0.29) is 31.9 Å². The van der Waals surface area contributed by atoms with E-state index in [4.69, 9.17) is 0 Å². The van der Waals surface area contributed by atoms with Gasteiger partial charge in [-0.2, -0.15) is 24.2 Å². The van der Waals surface area contributed by atoms with Crippen LogP contribution in [0.2, 0.25) is 0 Å². The van der Waals surface area contributed by atoms with Gasteiger partial charge in [0.15, 0.2) is 0 Å².